The Morgan fingerprint density at radius 3 is 2.18 bits per heavy atom. The molecule has 0 radical (unpaired) electrons. The van der Waals surface area contributed by atoms with Gasteiger partial charge in [0.05, 0.1) is 24.5 Å². The first-order valence-electron chi connectivity index (χ1n) is 6.81. The number of hydrogen-bond acceptors (Lipinski definition) is 4. The van der Waals surface area contributed by atoms with Crippen molar-refractivity contribution in [3.05, 3.63) is 48.0 Å². The first-order chi connectivity index (χ1) is 9.84. The van der Waals surface area contributed by atoms with E-state index in [0.29, 0.717) is 17.8 Å². The van der Waals surface area contributed by atoms with Crippen LogP contribution in [-0.2, 0) is 16.6 Å². The van der Waals surface area contributed by atoms with E-state index in [0.717, 1.165) is 11.4 Å². The van der Waals surface area contributed by atoms with E-state index in [9.17, 15) is 4.79 Å². The van der Waals surface area contributed by atoms with Gasteiger partial charge >= 0.3 is 0 Å². The standard InChI is InChI=1S/C16H20N4O.ClH/c1-16(2,3)15-18-9-13(10-19-15)20-14(21)8-11-4-6-12(17)7-5-11;/h4-7,9-10H,8,17H2,1-3H3,(H,20,21);1H. The second-order valence-electron chi connectivity index (χ2n) is 6.01. The van der Waals surface area contributed by atoms with Crippen molar-refractivity contribution in [1.82, 2.24) is 9.97 Å². The number of aromatic nitrogens is 2. The van der Waals surface area contributed by atoms with E-state index >= 15 is 0 Å². The molecule has 0 fully saturated rings. The molecule has 0 saturated carbocycles. The number of anilines is 2. The summed E-state index contributed by atoms with van der Waals surface area (Å²) in [5, 5.41) is 2.79. The van der Waals surface area contributed by atoms with Crippen molar-refractivity contribution in [2.45, 2.75) is 32.6 Å². The molecule has 6 heteroatoms. The number of nitrogens with two attached hydrogens (primary N) is 1. The van der Waals surface area contributed by atoms with Crippen LogP contribution in [0.25, 0.3) is 0 Å². The average Bonchev–Trinajstić information content (AvgIpc) is 2.41. The maximum atomic E-state index is 12.0. The van der Waals surface area contributed by atoms with Crippen LogP contribution in [0.2, 0.25) is 0 Å². The molecule has 0 aliphatic carbocycles. The van der Waals surface area contributed by atoms with Crippen LogP contribution < -0.4 is 11.1 Å². The van der Waals surface area contributed by atoms with Crippen molar-refractivity contribution < 1.29 is 4.79 Å². The van der Waals surface area contributed by atoms with E-state index in [4.69, 9.17) is 5.73 Å². The lowest BCUT2D eigenvalue weighted by Crippen LogP contribution is -2.18. The zero-order valence-corrected chi connectivity index (χ0v) is 13.8. The number of amides is 1. The van der Waals surface area contributed by atoms with E-state index in [2.05, 4.69) is 15.3 Å². The molecule has 3 N–H and O–H groups in total. The van der Waals surface area contributed by atoms with Crippen LogP contribution in [0.3, 0.4) is 0 Å². The molecular weight excluding hydrogens is 300 g/mol. The van der Waals surface area contributed by atoms with Gasteiger partial charge in [-0.15, -0.1) is 12.4 Å². The van der Waals surface area contributed by atoms with Gasteiger partial charge in [0.15, 0.2) is 0 Å². The van der Waals surface area contributed by atoms with Gasteiger partial charge in [-0.3, -0.25) is 4.79 Å². The zero-order chi connectivity index (χ0) is 15.5. The topological polar surface area (TPSA) is 80.9 Å². The molecule has 118 valence electrons. The summed E-state index contributed by atoms with van der Waals surface area (Å²) in [4.78, 5) is 20.5. The van der Waals surface area contributed by atoms with Gasteiger partial charge in [0, 0.05) is 11.1 Å². The largest absolute Gasteiger partial charge is 0.399 e. The highest BCUT2D eigenvalue weighted by Gasteiger charge is 2.16. The smallest absolute Gasteiger partial charge is 0.228 e. The van der Waals surface area contributed by atoms with Gasteiger partial charge in [-0.25, -0.2) is 9.97 Å². The van der Waals surface area contributed by atoms with Crippen molar-refractivity contribution in [3.63, 3.8) is 0 Å². The van der Waals surface area contributed by atoms with Crippen LogP contribution in [-0.4, -0.2) is 15.9 Å². The van der Waals surface area contributed by atoms with Gasteiger partial charge in [0.1, 0.15) is 5.82 Å². The predicted molar refractivity (Wildman–Crippen MR) is 91.2 cm³/mol. The molecule has 0 unspecified atom stereocenters. The molecule has 0 saturated heterocycles. The van der Waals surface area contributed by atoms with Gasteiger partial charge in [-0.05, 0) is 17.7 Å². The molecule has 1 amide bonds. The maximum absolute atomic E-state index is 12.0. The summed E-state index contributed by atoms with van der Waals surface area (Å²) in [7, 11) is 0. The molecule has 0 aliphatic heterocycles. The second kappa shape index (κ2) is 7.22. The van der Waals surface area contributed by atoms with Crippen molar-refractivity contribution in [2.24, 2.45) is 0 Å². The van der Waals surface area contributed by atoms with Crippen LogP contribution in [0.4, 0.5) is 11.4 Å². The first-order valence-corrected chi connectivity index (χ1v) is 6.81. The number of rotatable bonds is 3. The zero-order valence-electron chi connectivity index (χ0n) is 13.0. The Morgan fingerprint density at radius 2 is 1.68 bits per heavy atom. The molecule has 22 heavy (non-hydrogen) atoms. The molecule has 2 rings (SSSR count). The summed E-state index contributed by atoms with van der Waals surface area (Å²) in [6.45, 7) is 6.13. The van der Waals surface area contributed by atoms with E-state index in [1.165, 1.54) is 0 Å². The quantitative estimate of drug-likeness (QED) is 0.852. The molecule has 0 atom stereocenters. The minimum absolute atomic E-state index is 0. The third-order valence-corrected chi connectivity index (χ3v) is 2.95. The molecule has 0 bridgehead atoms. The van der Waals surface area contributed by atoms with Crippen LogP contribution in [0.1, 0.15) is 32.2 Å². The number of carbonyl (C=O) groups is 1. The fraction of sp³-hybridized carbons (Fsp3) is 0.312. The van der Waals surface area contributed by atoms with Crippen LogP contribution in [0.5, 0.6) is 0 Å². The second-order valence-corrected chi connectivity index (χ2v) is 6.01. The molecule has 1 aromatic heterocycles. The summed E-state index contributed by atoms with van der Waals surface area (Å²) >= 11 is 0. The number of halogens is 1. The van der Waals surface area contributed by atoms with Crippen molar-refractivity contribution in [1.29, 1.82) is 0 Å². The van der Waals surface area contributed by atoms with Crippen LogP contribution >= 0.6 is 12.4 Å². The summed E-state index contributed by atoms with van der Waals surface area (Å²) in [6.07, 6.45) is 3.56. The Labute approximate surface area is 136 Å². The third-order valence-electron chi connectivity index (χ3n) is 2.95. The van der Waals surface area contributed by atoms with Gasteiger partial charge in [0.2, 0.25) is 5.91 Å². The Morgan fingerprint density at radius 1 is 1.14 bits per heavy atom. The molecule has 1 aromatic carbocycles. The Balaban J connectivity index is 0.00000242. The average molecular weight is 321 g/mol. The SMILES string of the molecule is CC(C)(C)c1ncc(NC(=O)Cc2ccc(N)cc2)cn1.Cl. The minimum Gasteiger partial charge on any atom is -0.399 e. The van der Waals surface area contributed by atoms with E-state index < -0.39 is 0 Å². The number of nitrogens with one attached hydrogen (secondary N) is 1. The Hall–Kier alpha value is -2.14. The lowest BCUT2D eigenvalue weighted by Gasteiger charge is -2.16. The van der Waals surface area contributed by atoms with Gasteiger partial charge in [-0.2, -0.15) is 0 Å². The molecule has 5 nitrogen and oxygen atoms in total. The number of benzene rings is 1. The minimum atomic E-state index is -0.105. The summed E-state index contributed by atoms with van der Waals surface area (Å²) in [5.74, 6) is 0.644. The van der Waals surface area contributed by atoms with Crippen molar-refractivity contribution in [2.75, 3.05) is 11.1 Å². The first kappa shape index (κ1) is 17.9. The van der Waals surface area contributed by atoms with Gasteiger partial charge < -0.3 is 11.1 Å². The van der Waals surface area contributed by atoms with E-state index in [1.54, 1.807) is 24.5 Å². The fourth-order valence-corrected chi connectivity index (χ4v) is 1.81. The molecule has 2 aromatic rings. The summed E-state index contributed by atoms with van der Waals surface area (Å²) < 4.78 is 0. The number of nitrogen functional groups attached to an aromatic ring is 1. The number of carbonyl (C=O) groups excluding carboxylic acids is 1. The van der Waals surface area contributed by atoms with Gasteiger partial charge in [0.25, 0.3) is 0 Å². The highest BCUT2D eigenvalue weighted by atomic mass is 35.5. The normalized spacial score (nSPS) is 10.7. The number of hydrogen-bond donors (Lipinski definition) is 2. The number of nitrogens with zero attached hydrogens (tertiary/aromatic N) is 2. The molecule has 1 heterocycles. The maximum Gasteiger partial charge on any atom is 0.228 e. The van der Waals surface area contributed by atoms with Crippen LogP contribution in [0, 0.1) is 0 Å². The monoisotopic (exact) mass is 320 g/mol. The van der Waals surface area contributed by atoms with Crippen LogP contribution in [0.15, 0.2) is 36.7 Å². The van der Waals surface area contributed by atoms with E-state index in [-0.39, 0.29) is 23.7 Å². The molecule has 0 spiro atoms. The van der Waals surface area contributed by atoms with Crippen molar-refractivity contribution >= 4 is 29.7 Å². The Kier molecular flexibility index (Phi) is 5.88. The summed E-state index contributed by atoms with van der Waals surface area (Å²) in [6, 6.07) is 7.25. The summed E-state index contributed by atoms with van der Waals surface area (Å²) in [5.41, 5.74) is 7.71. The third kappa shape index (κ3) is 5.00. The lowest BCUT2D eigenvalue weighted by atomic mass is 9.96. The molecule has 0 aliphatic rings. The highest BCUT2D eigenvalue weighted by Crippen LogP contribution is 2.18. The fourth-order valence-electron chi connectivity index (χ4n) is 1.81. The lowest BCUT2D eigenvalue weighted by molar-refractivity contribution is -0.115. The Bertz CT molecular complexity index is 618. The van der Waals surface area contributed by atoms with E-state index in [1.807, 2.05) is 32.9 Å². The van der Waals surface area contributed by atoms with Gasteiger partial charge in [-0.1, -0.05) is 32.9 Å². The van der Waals surface area contributed by atoms with Crippen molar-refractivity contribution in [3.8, 4) is 0 Å². The molecular formula is C16H21ClN4O. The highest BCUT2D eigenvalue weighted by molar-refractivity contribution is 5.91. The predicted octanol–water partition coefficient (Wildman–Crippen LogP) is 2.96.